The van der Waals surface area contributed by atoms with Crippen LogP contribution < -0.4 is 5.56 Å². The van der Waals surface area contributed by atoms with Gasteiger partial charge in [0.05, 0.1) is 22.8 Å². The van der Waals surface area contributed by atoms with Crippen LogP contribution in [-0.2, 0) is 6.42 Å². The highest BCUT2D eigenvalue weighted by Gasteiger charge is 2.14. The first-order valence-corrected chi connectivity index (χ1v) is 5.54. The van der Waals surface area contributed by atoms with Crippen molar-refractivity contribution in [2.45, 2.75) is 13.3 Å². The normalized spacial score (nSPS) is 10.9. The van der Waals surface area contributed by atoms with Gasteiger partial charge in [-0.1, -0.05) is 6.92 Å². The molecule has 0 aromatic carbocycles. The molecule has 0 aliphatic rings. The summed E-state index contributed by atoms with van der Waals surface area (Å²) in [5, 5.41) is 14.0. The number of rotatable bonds is 1. The molecular weight excluding hydrogens is 230 g/mol. The molecular formula is C12H9N5O. The van der Waals surface area contributed by atoms with Crippen molar-refractivity contribution >= 4 is 16.6 Å². The number of aryl methyl sites for hydroxylation is 1. The molecule has 1 N–H and O–H groups in total. The van der Waals surface area contributed by atoms with Crippen molar-refractivity contribution in [3.05, 3.63) is 40.1 Å². The van der Waals surface area contributed by atoms with E-state index in [2.05, 4.69) is 21.1 Å². The van der Waals surface area contributed by atoms with Crippen LogP contribution in [0, 0.1) is 11.3 Å². The van der Waals surface area contributed by atoms with E-state index in [4.69, 9.17) is 5.26 Å². The van der Waals surface area contributed by atoms with E-state index in [1.807, 2.05) is 6.92 Å². The van der Waals surface area contributed by atoms with Crippen LogP contribution in [0.15, 0.2) is 23.3 Å². The third kappa shape index (κ3) is 1.24. The van der Waals surface area contributed by atoms with E-state index < -0.39 is 0 Å². The smallest absolute Gasteiger partial charge is 0.259 e. The summed E-state index contributed by atoms with van der Waals surface area (Å²) in [6.45, 7) is 1.92. The van der Waals surface area contributed by atoms with E-state index in [1.165, 1.54) is 0 Å². The van der Waals surface area contributed by atoms with E-state index >= 15 is 0 Å². The minimum atomic E-state index is -0.237. The quantitative estimate of drug-likeness (QED) is 0.686. The molecule has 6 nitrogen and oxygen atoms in total. The average molecular weight is 239 g/mol. The molecule has 3 aromatic heterocycles. The van der Waals surface area contributed by atoms with Crippen molar-refractivity contribution in [2.24, 2.45) is 0 Å². The Morgan fingerprint density at radius 3 is 3.11 bits per heavy atom. The van der Waals surface area contributed by atoms with Gasteiger partial charge in [0.1, 0.15) is 11.6 Å². The van der Waals surface area contributed by atoms with Crippen LogP contribution in [0.2, 0.25) is 0 Å². The van der Waals surface area contributed by atoms with Crippen LogP contribution in [-0.4, -0.2) is 19.6 Å². The van der Waals surface area contributed by atoms with Gasteiger partial charge in [-0.2, -0.15) is 10.4 Å². The first kappa shape index (κ1) is 10.5. The minimum Gasteiger partial charge on any atom is -0.305 e. The molecule has 0 unspecified atom stereocenters. The number of pyridine rings is 1. The summed E-state index contributed by atoms with van der Waals surface area (Å²) in [5.41, 5.74) is 1.89. The molecule has 0 aliphatic carbocycles. The van der Waals surface area contributed by atoms with Gasteiger partial charge in [-0.05, 0) is 12.5 Å². The summed E-state index contributed by atoms with van der Waals surface area (Å²) < 4.78 is 1.57. The molecule has 0 radical (unpaired) electrons. The lowest BCUT2D eigenvalue weighted by Crippen LogP contribution is -2.10. The molecule has 3 aromatic rings. The molecule has 0 spiro atoms. The maximum Gasteiger partial charge on any atom is 0.259 e. The molecule has 3 heterocycles. The first-order chi connectivity index (χ1) is 8.76. The van der Waals surface area contributed by atoms with Gasteiger partial charge in [-0.25, -0.2) is 4.52 Å². The molecule has 3 rings (SSSR count). The van der Waals surface area contributed by atoms with E-state index in [-0.39, 0.29) is 5.56 Å². The van der Waals surface area contributed by atoms with Gasteiger partial charge >= 0.3 is 0 Å². The number of nitriles is 1. The Morgan fingerprint density at radius 1 is 1.56 bits per heavy atom. The number of fused-ring (bicyclic) bond motifs is 3. The largest absolute Gasteiger partial charge is 0.305 e. The van der Waals surface area contributed by atoms with Crippen molar-refractivity contribution in [2.75, 3.05) is 0 Å². The van der Waals surface area contributed by atoms with Crippen molar-refractivity contribution in [1.29, 1.82) is 5.26 Å². The summed E-state index contributed by atoms with van der Waals surface area (Å²) in [6, 6.07) is 3.72. The zero-order valence-corrected chi connectivity index (χ0v) is 9.64. The predicted molar refractivity (Wildman–Crippen MR) is 65.2 cm³/mol. The zero-order chi connectivity index (χ0) is 12.7. The summed E-state index contributed by atoms with van der Waals surface area (Å²) >= 11 is 0. The Bertz CT molecular complexity index is 852. The molecule has 0 fully saturated rings. The third-order valence-corrected chi connectivity index (χ3v) is 2.91. The number of hydrogen-bond acceptors (Lipinski definition) is 4. The first-order valence-electron chi connectivity index (χ1n) is 5.54. The standard InChI is InChI=1S/C12H9N5O/c1-2-9-8(5-13)11-15-12(18)7-3-4-14-6-10(7)17(11)16-9/h3-4,6H,2H2,1H3,(H,15,18). The third-order valence-electron chi connectivity index (χ3n) is 2.91. The van der Waals surface area contributed by atoms with Gasteiger partial charge < -0.3 is 4.98 Å². The molecule has 0 bridgehead atoms. The number of hydrogen-bond donors (Lipinski definition) is 1. The zero-order valence-electron chi connectivity index (χ0n) is 9.64. The molecule has 88 valence electrons. The molecule has 0 atom stereocenters. The number of nitrogens with zero attached hydrogens (tertiary/aromatic N) is 4. The molecule has 0 saturated carbocycles. The summed E-state index contributed by atoms with van der Waals surface area (Å²) in [5.74, 6) is 0. The highest BCUT2D eigenvalue weighted by atomic mass is 16.1. The van der Waals surface area contributed by atoms with E-state index in [9.17, 15) is 4.79 Å². The van der Waals surface area contributed by atoms with Gasteiger partial charge in [0.15, 0.2) is 5.65 Å². The minimum absolute atomic E-state index is 0.237. The van der Waals surface area contributed by atoms with Gasteiger partial charge in [0.2, 0.25) is 0 Å². The van der Waals surface area contributed by atoms with Gasteiger partial charge in [-0.15, -0.1) is 0 Å². The van der Waals surface area contributed by atoms with Crippen molar-refractivity contribution < 1.29 is 0 Å². The monoisotopic (exact) mass is 239 g/mol. The lowest BCUT2D eigenvalue weighted by molar-refractivity contribution is 0.910. The maximum absolute atomic E-state index is 11.9. The fourth-order valence-electron chi connectivity index (χ4n) is 2.04. The molecule has 0 amide bonds. The van der Waals surface area contributed by atoms with Crippen LogP contribution >= 0.6 is 0 Å². The Hall–Kier alpha value is -2.68. The maximum atomic E-state index is 11.9. The second kappa shape index (κ2) is 3.67. The van der Waals surface area contributed by atoms with E-state index in [0.29, 0.717) is 34.2 Å². The average Bonchev–Trinajstić information content (AvgIpc) is 2.77. The highest BCUT2D eigenvalue weighted by molar-refractivity contribution is 5.80. The second-order valence-corrected chi connectivity index (χ2v) is 3.89. The Balaban J connectivity index is 2.62. The lowest BCUT2D eigenvalue weighted by Gasteiger charge is -1.99. The molecule has 0 aliphatic heterocycles. The molecule has 6 heteroatoms. The SMILES string of the molecule is CCc1nn2c([nH]c(=O)c3ccncc32)c1C#N. The van der Waals surface area contributed by atoms with Crippen LogP contribution in [0.4, 0.5) is 0 Å². The Kier molecular flexibility index (Phi) is 2.13. The number of aromatic amines is 1. The number of nitrogens with one attached hydrogen (secondary N) is 1. The topological polar surface area (TPSA) is 86.8 Å². The number of H-pyrrole nitrogens is 1. The van der Waals surface area contributed by atoms with Gasteiger partial charge in [-0.3, -0.25) is 9.78 Å². The summed E-state index contributed by atoms with van der Waals surface area (Å²) in [4.78, 5) is 18.6. The lowest BCUT2D eigenvalue weighted by atomic mass is 10.2. The van der Waals surface area contributed by atoms with Crippen LogP contribution in [0.3, 0.4) is 0 Å². The van der Waals surface area contributed by atoms with Crippen molar-refractivity contribution in [3.63, 3.8) is 0 Å². The summed E-state index contributed by atoms with van der Waals surface area (Å²) in [7, 11) is 0. The Labute approximate surface area is 102 Å². The van der Waals surface area contributed by atoms with Gasteiger partial charge in [0, 0.05) is 6.20 Å². The van der Waals surface area contributed by atoms with Crippen molar-refractivity contribution in [3.8, 4) is 6.07 Å². The summed E-state index contributed by atoms with van der Waals surface area (Å²) in [6.07, 6.45) is 3.76. The van der Waals surface area contributed by atoms with E-state index in [0.717, 1.165) is 0 Å². The van der Waals surface area contributed by atoms with Crippen LogP contribution in [0.1, 0.15) is 18.2 Å². The molecule has 18 heavy (non-hydrogen) atoms. The predicted octanol–water partition coefficient (Wildman–Crippen LogP) is 1.00. The second-order valence-electron chi connectivity index (χ2n) is 3.89. The van der Waals surface area contributed by atoms with E-state index in [1.54, 1.807) is 23.0 Å². The number of aromatic nitrogens is 4. The fraction of sp³-hybridized carbons (Fsp3) is 0.167. The molecule has 0 saturated heterocycles. The van der Waals surface area contributed by atoms with Crippen LogP contribution in [0.25, 0.3) is 16.6 Å². The van der Waals surface area contributed by atoms with Crippen LogP contribution in [0.5, 0.6) is 0 Å². The Morgan fingerprint density at radius 2 is 2.39 bits per heavy atom. The highest BCUT2D eigenvalue weighted by Crippen LogP contribution is 2.16. The fourth-order valence-corrected chi connectivity index (χ4v) is 2.04. The van der Waals surface area contributed by atoms with Gasteiger partial charge in [0.25, 0.3) is 5.56 Å². The van der Waals surface area contributed by atoms with Crippen molar-refractivity contribution in [1.82, 2.24) is 19.6 Å².